The highest BCUT2D eigenvalue weighted by Gasteiger charge is 2.23. The van der Waals surface area contributed by atoms with Gasteiger partial charge in [-0.05, 0) is 25.0 Å². The van der Waals surface area contributed by atoms with Crippen molar-refractivity contribution < 1.29 is 18.7 Å². The van der Waals surface area contributed by atoms with Gasteiger partial charge in [0, 0.05) is 5.41 Å². The van der Waals surface area contributed by atoms with Gasteiger partial charge in [-0.25, -0.2) is 8.78 Å². The SMILES string of the molecule is CC(C)(CCCOc1c(F)cccc1F)/C(N)=N/O. The molecule has 0 saturated heterocycles. The average molecular weight is 272 g/mol. The largest absolute Gasteiger partial charge is 0.488 e. The zero-order valence-electron chi connectivity index (χ0n) is 11.0. The molecule has 19 heavy (non-hydrogen) atoms. The van der Waals surface area contributed by atoms with Gasteiger partial charge in [0.1, 0.15) is 5.84 Å². The van der Waals surface area contributed by atoms with Crippen LogP contribution < -0.4 is 10.5 Å². The van der Waals surface area contributed by atoms with Crippen LogP contribution in [0.3, 0.4) is 0 Å². The smallest absolute Gasteiger partial charge is 0.190 e. The standard InChI is InChI=1S/C13H18F2N2O2/c1-13(2,12(16)17-18)7-4-8-19-11-9(14)5-3-6-10(11)15/h3,5-6,18H,4,7-8H2,1-2H3,(H2,16,17). The van der Waals surface area contributed by atoms with Crippen LogP contribution in [0.1, 0.15) is 26.7 Å². The normalized spacial score (nSPS) is 12.5. The van der Waals surface area contributed by atoms with Crippen LogP contribution in [0.25, 0.3) is 0 Å². The first-order chi connectivity index (χ1) is 8.88. The van der Waals surface area contributed by atoms with Crippen molar-refractivity contribution in [1.29, 1.82) is 0 Å². The summed E-state index contributed by atoms with van der Waals surface area (Å²) in [6.07, 6.45) is 1.09. The molecular formula is C13H18F2N2O2. The molecule has 3 N–H and O–H groups in total. The lowest BCUT2D eigenvalue weighted by Gasteiger charge is -2.22. The zero-order chi connectivity index (χ0) is 14.5. The van der Waals surface area contributed by atoms with Crippen LogP contribution in [0.15, 0.2) is 23.4 Å². The van der Waals surface area contributed by atoms with Crippen LogP contribution in [0, 0.1) is 17.0 Å². The molecule has 0 aliphatic carbocycles. The lowest BCUT2D eigenvalue weighted by molar-refractivity contribution is 0.259. The molecule has 0 amide bonds. The summed E-state index contributed by atoms with van der Waals surface area (Å²) in [6.45, 7) is 3.78. The quantitative estimate of drug-likeness (QED) is 0.275. The van der Waals surface area contributed by atoms with Gasteiger partial charge in [-0.15, -0.1) is 0 Å². The molecule has 0 aliphatic rings. The minimum absolute atomic E-state index is 0.115. The highest BCUT2D eigenvalue weighted by Crippen LogP contribution is 2.24. The summed E-state index contributed by atoms with van der Waals surface area (Å²) < 4.78 is 31.6. The summed E-state index contributed by atoms with van der Waals surface area (Å²) in [5.74, 6) is -1.71. The van der Waals surface area contributed by atoms with Gasteiger partial charge in [-0.3, -0.25) is 0 Å². The van der Waals surface area contributed by atoms with E-state index in [0.717, 1.165) is 12.1 Å². The number of hydrogen-bond donors (Lipinski definition) is 2. The van der Waals surface area contributed by atoms with Crippen molar-refractivity contribution in [3.63, 3.8) is 0 Å². The van der Waals surface area contributed by atoms with E-state index in [2.05, 4.69) is 5.16 Å². The van der Waals surface area contributed by atoms with Crippen LogP contribution in [-0.4, -0.2) is 17.6 Å². The molecule has 0 bridgehead atoms. The molecule has 0 saturated carbocycles. The van der Waals surface area contributed by atoms with Crippen molar-refractivity contribution in [3.8, 4) is 5.75 Å². The highest BCUT2D eigenvalue weighted by molar-refractivity contribution is 5.85. The molecule has 0 aliphatic heterocycles. The third-order valence-corrected chi connectivity index (χ3v) is 2.91. The Morgan fingerprint density at radius 3 is 2.47 bits per heavy atom. The first-order valence-corrected chi connectivity index (χ1v) is 5.93. The Morgan fingerprint density at radius 1 is 1.37 bits per heavy atom. The third kappa shape index (κ3) is 4.08. The second-order valence-corrected chi connectivity index (χ2v) is 4.87. The molecular weight excluding hydrogens is 254 g/mol. The minimum Gasteiger partial charge on any atom is -0.488 e. The summed E-state index contributed by atoms with van der Waals surface area (Å²) in [5, 5.41) is 11.6. The number of nitrogens with zero attached hydrogens (tertiary/aromatic N) is 1. The number of benzene rings is 1. The second kappa shape index (κ2) is 6.36. The lowest BCUT2D eigenvalue weighted by Crippen LogP contribution is -2.32. The Balaban J connectivity index is 2.48. The first-order valence-electron chi connectivity index (χ1n) is 5.93. The van der Waals surface area contributed by atoms with E-state index >= 15 is 0 Å². The maximum absolute atomic E-state index is 13.3. The topological polar surface area (TPSA) is 67.8 Å². The van der Waals surface area contributed by atoms with E-state index in [0.29, 0.717) is 12.8 Å². The van der Waals surface area contributed by atoms with Crippen molar-refractivity contribution in [2.75, 3.05) is 6.61 Å². The minimum atomic E-state index is -0.726. The van der Waals surface area contributed by atoms with Gasteiger partial charge >= 0.3 is 0 Å². The van der Waals surface area contributed by atoms with Gasteiger partial charge in [0.25, 0.3) is 0 Å². The molecule has 0 fully saturated rings. The fraction of sp³-hybridized carbons (Fsp3) is 0.462. The first kappa shape index (κ1) is 15.2. The highest BCUT2D eigenvalue weighted by atomic mass is 19.1. The van der Waals surface area contributed by atoms with Crippen molar-refractivity contribution >= 4 is 5.84 Å². The number of para-hydroxylation sites is 1. The van der Waals surface area contributed by atoms with Crippen LogP contribution in [-0.2, 0) is 0 Å². The summed E-state index contributed by atoms with van der Waals surface area (Å²) in [6, 6.07) is 3.55. The molecule has 4 nitrogen and oxygen atoms in total. The Kier molecular flexibility index (Phi) is 5.09. The number of hydrogen-bond acceptors (Lipinski definition) is 3. The monoisotopic (exact) mass is 272 g/mol. The molecule has 0 radical (unpaired) electrons. The predicted octanol–water partition coefficient (Wildman–Crippen LogP) is 2.90. The number of oxime groups is 1. The number of ether oxygens (including phenoxy) is 1. The predicted molar refractivity (Wildman–Crippen MR) is 68.3 cm³/mol. The van der Waals surface area contributed by atoms with E-state index in [-0.39, 0.29) is 18.2 Å². The van der Waals surface area contributed by atoms with Crippen LogP contribution in [0.5, 0.6) is 5.75 Å². The van der Waals surface area contributed by atoms with Crippen LogP contribution in [0.2, 0.25) is 0 Å². The van der Waals surface area contributed by atoms with E-state index in [4.69, 9.17) is 15.7 Å². The molecule has 6 heteroatoms. The van der Waals surface area contributed by atoms with Gasteiger partial charge in [0.2, 0.25) is 0 Å². The van der Waals surface area contributed by atoms with E-state index < -0.39 is 17.0 Å². The van der Waals surface area contributed by atoms with Gasteiger partial charge in [0.15, 0.2) is 17.4 Å². The van der Waals surface area contributed by atoms with Crippen molar-refractivity contribution in [2.45, 2.75) is 26.7 Å². The van der Waals surface area contributed by atoms with Crippen LogP contribution in [0.4, 0.5) is 8.78 Å². The zero-order valence-corrected chi connectivity index (χ0v) is 11.0. The molecule has 1 aromatic rings. The van der Waals surface area contributed by atoms with Gasteiger partial charge < -0.3 is 15.7 Å². The number of halogens is 2. The molecule has 1 aromatic carbocycles. The number of amidine groups is 1. The van der Waals surface area contributed by atoms with E-state index in [9.17, 15) is 8.78 Å². The lowest BCUT2D eigenvalue weighted by atomic mass is 9.87. The van der Waals surface area contributed by atoms with E-state index in [1.165, 1.54) is 6.07 Å². The van der Waals surface area contributed by atoms with E-state index in [1.807, 2.05) is 13.8 Å². The molecule has 0 aromatic heterocycles. The van der Waals surface area contributed by atoms with Crippen LogP contribution >= 0.6 is 0 Å². The van der Waals surface area contributed by atoms with Crippen molar-refractivity contribution in [2.24, 2.45) is 16.3 Å². The molecule has 1 rings (SSSR count). The average Bonchev–Trinajstić information content (AvgIpc) is 2.36. The summed E-state index contributed by atoms with van der Waals surface area (Å²) >= 11 is 0. The fourth-order valence-corrected chi connectivity index (χ4v) is 1.57. The van der Waals surface area contributed by atoms with E-state index in [1.54, 1.807) is 0 Å². The number of rotatable bonds is 6. The summed E-state index contributed by atoms with van der Waals surface area (Å²) in [5.41, 5.74) is 5.04. The molecule has 0 atom stereocenters. The summed E-state index contributed by atoms with van der Waals surface area (Å²) in [4.78, 5) is 0. The van der Waals surface area contributed by atoms with Gasteiger partial charge in [0.05, 0.1) is 6.61 Å². The second-order valence-electron chi connectivity index (χ2n) is 4.87. The number of nitrogens with two attached hydrogens (primary N) is 1. The molecule has 0 spiro atoms. The Morgan fingerprint density at radius 2 is 1.95 bits per heavy atom. The Bertz CT molecular complexity index is 442. The molecule has 106 valence electrons. The fourth-order valence-electron chi connectivity index (χ4n) is 1.57. The van der Waals surface area contributed by atoms with Gasteiger partial charge in [-0.1, -0.05) is 25.1 Å². The molecule has 0 unspecified atom stereocenters. The Labute approximate surface area is 110 Å². The van der Waals surface area contributed by atoms with Gasteiger partial charge in [-0.2, -0.15) is 0 Å². The van der Waals surface area contributed by atoms with Crippen molar-refractivity contribution in [1.82, 2.24) is 0 Å². The molecule has 0 heterocycles. The Hall–Kier alpha value is -1.85. The summed E-state index contributed by atoms with van der Waals surface area (Å²) in [7, 11) is 0. The van der Waals surface area contributed by atoms with Crippen molar-refractivity contribution in [3.05, 3.63) is 29.8 Å². The maximum atomic E-state index is 13.3. The third-order valence-electron chi connectivity index (χ3n) is 2.91. The maximum Gasteiger partial charge on any atom is 0.190 e.